The lowest BCUT2D eigenvalue weighted by Gasteiger charge is -2.12. The Morgan fingerprint density at radius 3 is 2.50 bits per heavy atom. The van der Waals surface area contributed by atoms with Crippen LogP contribution in [-0.4, -0.2) is 23.6 Å². The van der Waals surface area contributed by atoms with Crippen molar-refractivity contribution < 1.29 is 8.42 Å². The molecule has 0 aliphatic carbocycles. The van der Waals surface area contributed by atoms with Crippen LogP contribution in [0, 0.1) is 11.3 Å². The molecule has 110 valence electrons. The molecule has 0 bridgehead atoms. The highest BCUT2D eigenvalue weighted by molar-refractivity contribution is 7.89. The molecule has 0 fully saturated rings. The number of sulfonamides is 1. The summed E-state index contributed by atoms with van der Waals surface area (Å²) in [4.78, 5) is 22.8. The van der Waals surface area contributed by atoms with Gasteiger partial charge >= 0.3 is 5.69 Å². The summed E-state index contributed by atoms with van der Waals surface area (Å²) in [5.41, 5.74) is -1.55. The SMILES string of the molecule is CCCC(C#N)NS(=O)(=O)c1cn(C)c(=O)n(C)c1=O. The lowest BCUT2D eigenvalue weighted by Crippen LogP contribution is -2.43. The molecule has 1 aromatic rings. The third-order valence-corrected chi connectivity index (χ3v) is 4.19. The quantitative estimate of drug-likeness (QED) is 0.753. The number of hydrogen-bond acceptors (Lipinski definition) is 5. The number of nitriles is 1. The van der Waals surface area contributed by atoms with Gasteiger partial charge in [0.25, 0.3) is 5.56 Å². The zero-order valence-corrected chi connectivity index (χ0v) is 12.3. The van der Waals surface area contributed by atoms with Crippen LogP contribution in [0.4, 0.5) is 0 Å². The number of rotatable bonds is 5. The second-order valence-electron chi connectivity index (χ2n) is 4.34. The number of hydrogen-bond donors (Lipinski definition) is 1. The smallest absolute Gasteiger partial charge is 0.302 e. The van der Waals surface area contributed by atoms with Crippen molar-refractivity contribution >= 4 is 10.0 Å². The van der Waals surface area contributed by atoms with E-state index in [9.17, 15) is 18.0 Å². The third-order valence-electron chi connectivity index (χ3n) is 2.74. The van der Waals surface area contributed by atoms with Crippen LogP contribution in [0.2, 0.25) is 0 Å². The molecule has 8 nitrogen and oxygen atoms in total. The van der Waals surface area contributed by atoms with Gasteiger partial charge in [-0.05, 0) is 6.42 Å². The summed E-state index contributed by atoms with van der Waals surface area (Å²) in [6, 6.07) is 0.911. The molecule has 20 heavy (non-hydrogen) atoms. The second kappa shape index (κ2) is 6.02. The van der Waals surface area contributed by atoms with Gasteiger partial charge in [0.15, 0.2) is 4.90 Å². The Hall–Kier alpha value is -1.92. The van der Waals surface area contributed by atoms with Crippen molar-refractivity contribution in [1.82, 2.24) is 13.9 Å². The van der Waals surface area contributed by atoms with Crippen LogP contribution >= 0.6 is 0 Å². The van der Waals surface area contributed by atoms with Crippen molar-refractivity contribution in [2.75, 3.05) is 0 Å². The molecule has 0 spiro atoms. The summed E-state index contributed by atoms with van der Waals surface area (Å²) in [5.74, 6) is 0. The van der Waals surface area contributed by atoms with Gasteiger partial charge in [-0.1, -0.05) is 13.3 Å². The molecule has 0 aliphatic rings. The predicted octanol–water partition coefficient (Wildman–Crippen LogP) is -0.945. The van der Waals surface area contributed by atoms with Crippen molar-refractivity contribution in [3.05, 3.63) is 27.0 Å². The first-order valence-corrected chi connectivity index (χ1v) is 7.41. The van der Waals surface area contributed by atoms with Crippen LogP contribution in [-0.2, 0) is 24.1 Å². The molecule has 1 N–H and O–H groups in total. The standard InChI is InChI=1S/C11H16N4O4S/c1-4-5-8(6-12)13-20(18,19)9-7-14(2)11(17)15(3)10(9)16/h7-8,13H,4-5H2,1-3H3. The van der Waals surface area contributed by atoms with E-state index in [1.807, 2.05) is 13.0 Å². The predicted molar refractivity (Wildman–Crippen MR) is 71.6 cm³/mol. The van der Waals surface area contributed by atoms with Gasteiger partial charge in [-0.15, -0.1) is 0 Å². The monoisotopic (exact) mass is 300 g/mol. The van der Waals surface area contributed by atoms with Crippen LogP contribution in [0.25, 0.3) is 0 Å². The van der Waals surface area contributed by atoms with E-state index in [0.717, 1.165) is 10.8 Å². The van der Waals surface area contributed by atoms with Crippen LogP contribution in [0.3, 0.4) is 0 Å². The van der Waals surface area contributed by atoms with Crippen molar-refractivity contribution in [3.8, 4) is 6.07 Å². The van der Waals surface area contributed by atoms with E-state index < -0.39 is 32.2 Å². The molecular weight excluding hydrogens is 284 g/mol. The molecular formula is C11H16N4O4S. The molecule has 1 rings (SSSR count). The summed E-state index contributed by atoms with van der Waals surface area (Å²) in [6.07, 6.45) is 1.90. The van der Waals surface area contributed by atoms with Gasteiger partial charge in [-0.2, -0.15) is 9.98 Å². The summed E-state index contributed by atoms with van der Waals surface area (Å²) in [6.45, 7) is 1.81. The largest absolute Gasteiger partial charge is 0.330 e. The fraction of sp³-hybridized carbons (Fsp3) is 0.545. The lowest BCUT2D eigenvalue weighted by atomic mass is 10.2. The highest BCUT2D eigenvalue weighted by Gasteiger charge is 2.24. The van der Waals surface area contributed by atoms with E-state index in [0.29, 0.717) is 17.4 Å². The Balaban J connectivity index is 3.35. The topological polar surface area (TPSA) is 114 Å². The van der Waals surface area contributed by atoms with Gasteiger partial charge in [0, 0.05) is 20.3 Å². The summed E-state index contributed by atoms with van der Waals surface area (Å²) >= 11 is 0. The highest BCUT2D eigenvalue weighted by Crippen LogP contribution is 2.04. The van der Waals surface area contributed by atoms with Crippen LogP contribution in [0.1, 0.15) is 19.8 Å². The fourth-order valence-electron chi connectivity index (χ4n) is 1.65. The van der Waals surface area contributed by atoms with E-state index in [4.69, 9.17) is 5.26 Å². The van der Waals surface area contributed by atoms with Gasteiger partial charge in [0.2, 0.25) is 10.0 Å². The van der Waals surface area contributed by atoms with E-state index in [-0.39, 0.29) is 0 Å². The summed E-state index contributed by atoms with van der Waals surface area (Å²) < 4.78 is 28.1. The van der Waals surface area contributed by atoms with Gasteiger partial charge in [0.05, 0.1) is 6.07 Å². The highest BCUT2D eigenvalue weighted by atomic mass is 32.2. The minimum atomic E-state index is -4.15. The Kier molecular flexibility index (Phi) is 4.86. The van der Waals surface area contributed by atoms with E-state index in [1.165, 1.54) is 14.1 Å². The molecule has 1 heterocycles. The minimum absolute atomic E-state index is 0.335. The fourth-order valence-corrected chi connectivity index (χ4v) is 2.98. The first-order chi connectivity index (χ1) is 9.24. The zero-order chi connectivity index (χ0) is 15.5. The molecule has 1 aromatic heterocycles. The Morgan fingerprint density at radius 1 is 1.40 bits per heavy atom. The number of aryl methyl sites for hydroxylation is 1. The first kappa shape index (κ1) is 16.1. The van der Waals surface area contributed by atoms with Crippen molar-refractivity contribution in [2.45, 2.75) is 30.7 Å². The zero-order valence-electron chi connectivity index (χ0n) is 11.5. The molecule has 0 amide bonds. The lowest BCUT2D eigenvalue weighted by molar-refractivity contribution is 0.554. The molecule has 0 saturated heterocycles. The summed E-state index contributed by atoms with van der Waals surface area (Å²) in [7, 11) is -1.62. The van der Waals surface area contributed by atoms with Gasteiger partial charge in [-0.3, -0.25) is 9.36 Å². The van der Waals surface area contributed by atoms with Crippen molar-refractivity contribution in [3.63, 3.8) is 0 Å². The molecule has 0 aliphatic heterocycles. The van der Waals surface area contributed by atoms with E-state index in [1.54, 1.807) is 0 Å². The molecule has 0 radical (unpaired) electrons. The molecule has 1 atom stereocenters. The molecule has 9 heteroatoms. The summed E-state index contributed by atoms with van der Waals surface area (Å²) in [5, 5.41) is 8.87. The normalized spacial score (nSPS) is 12.9. The number of nitrogens with one attached hydrogen (secondary N) is 1. The van der Waals surface area contributed by atoms with Gasteiger partial charge in [-0.25, -0.2) is 13.2 Å². The maximum absolute atomic E-state index is 12.1. The average molecular weight is 300 g/mol. The van der Waals surface area contributed by atoms with Crippen LogP contribution < -0.4 is 16.0 Å². The number of aromatic nitrogens is 2. The Morgan fingerprint density at radius 2 is 2.00 bits per heavy atom. The van der Waals surface area contributed by atoms with Gasteiger partial charge < -0.3 is 4.57 Å². The molecule has 1 unspecified atom stereocenters. The third kappa shape index (κ3) is 3.15. The van der Waals surface area contributed by atoms with E-state index in [2.05, 4.69) is 4.72 Å². The van der Waals surface area contributed by atoms with Crippen LogP contribution in [0.5, 0.6) is 0 Å². The first-order valence-electron chi connectivity index (χ1n) is 5.93. The Labute approximate surface area is 116 Å². The van der Waals surface area contributed by atoms with Crippen molar-refractivity contribution in [1.29, 1.82) is 5.26 Å². The molecule has 0 saturated carbocycles. The van der Waals surface area contributed by atoms with Crippen LogP contribution in [0.15, 0.2) is 20.7 Å². The number of nitrogens with zero attached hydrogens (tertiary/aromatic N) is 3. The molecule has 0 aromatic carbocycles. The van der Waals surface area contributed by atoms with Gasteiger partial charge in [0.1, 0.15) is 6.04 Å². The minimum Gasteiger partial charge on any atom is -0.302 e. The Bertz CT molecular complexity index is 754. The maximum atomic E-state index is 12.1. The second-order valence-corrected chi connectivity index (χ2v) is 6.03. The average Bonchev–Trinajstić information content (AvgIpc) is 2.39. The van der Waals surface area contributed by atoms with E-state index >= 15 is 0 Å². The maximum Gasteiger partial charge on any atom is 0.330 e. The van der Waals surface area contributed by atoms with Crippen molar-refractivity contribution in [2.24, 2.45) is 14.1 Å².